The fourth-order valence-electron chi connectivity index (χ4n) is 2.03. The van der Waals surface area contributed by atoms with E-state index in [1.165, 1.54) is 12.1 Å². The van der Waals surface area contributed by atoms with Crippen molar-refractivity contribution in [3.05, 3.63) is 48.0 Å². The highest BCUT2D eigenvalue weighted by atomic mass is 19.1. The number of ether oxygens (including phenoxy) is 1. The zero-order valence-electron chi connectivity index (χ0n) is 11.0. The van der Waals surface area contributed by atoms with E-state index in [-0.39, 0.29) is 5.82 Å². The number of nitrogens with zero attached hydrogens (tertiary/aromatic N) is 2. The summed E-state index contributed by atoms with van der Waals surface area (Å²) in [7, 11) is 0. The first-order valence-electron chi connectivity index (χ1n) is 6.53. The van der Waals surface area contributed by atoms with Gasteiger partial charge in [0, 0.05) is 19.2 Å². The summed E-state index contributed by atoms with van der Waals surface area (Å²) < 4.78 is 23.8. The Morgan fingerprint density at radius 2 is 1.80 bits per heavy atom. The second-order valence-corrected chi connectivity index (χ2v) is 4.51. The van der Waals surface area contributed by atoms with E-state index in [1.807, 2.05) is 12.1 Å². The molecule has 0 atom stereocenters. The van der Waals surface area contributed by atoms with E-state index in [9.17, 15) is 4.39 Å². The molecule has 1 aromatic carbocycles. The topological polar surface area (TPSA) is 38.0 Å². The lowest BCUT2D eigenvalue weighted by atomic mass is 10.3. The molecule has 2 aromatic rings. The minimum Gasteiger partial charge on any atom is -0.440 e. The van der Waals surface area contributed by atoms with Gasteiger partial charge in [-0.1, -0.05) is 0 Å². The smallest absolute Gasteiger partial charge is 0.196 e. The Labute approximate surface area is 116 Å². The maximum atomic E-state index is 12.8. The number of halogens is 1. The Bertz CT molecular complexity index is 586. The van der Waals surface area contributed by atoms with E-state index in [1.54, 1.807) is 18.3 Å². The molecule has 0 N–H and O–H groups in total. The van der Waals surface area contributed by atoms with Crippen LogP contribution in [0.2, 0.25) is 0 Å². The quantitative estimate of drug-likeness (QED) is 0.807. The number of rotatable bonds is 3. The van der Waals surface area contributed by atoms with Crippen LogP contribution in [0.15, 0.2) is 45.8 Å². The molecule has 0 bridgehead atoms. The average molecular weight is 274 g/mol. The normalized spacial score (nSPS) is 15.9. The number of hydrogen-bond donors (Lipinski definition) is 0. The highest BCUT2D eigenvalue weighted by molar-refractivity contribution is 5.79. The van der Waals surface area contributed by atoms with Gasteiger partial charge in [0.15, 0.2) is 5.88 Å². The fourth-order valence-corrected chi connectivity index (χ4v) is 2.03. The third-order valence-electron chi connectivity index (χ3n) is 3.10. The van der Waals surface area contributed by atoms with Gasteiger partial charge in [0.2, 0.25) is 0 Å². The zero-order valence-corrected chi connectivity index (χ0v) is 11.0. The van der Waals surface area contributed by atoms with Gasteiger partial charge in [0.05, 0.1) is 25.1 Å². The standard InChI is InChI=1S/C15H15FN2O2/c16-12-1-3-13(4-2-12)17-11-14-5-6-15(20-14)18-7-9-19-10-8-18/h1-6,11H,7-10H2. The second-order valence-electron chi connectivity index (χ2n) is 4.51. The largest absolute Gasteiger partial charge is 0.440 e. The Morgan fingerprint density at radius 1 is 1.05 bits per heavy atom. The molecule has 0 amide bonds. The van der Waals surface area contributed by atoms with E-state index in [2.05, 4.69) is 9.89 Å². The minimum atomic E-state index is -0.267. The van der Waals surface area contributed by atoms with Crippen molar-refractivity contribution in [1.29, 1.82) is 0 Å². The van der Waals surface area contributed by atoms with Crippen molar-refractivity contribution < 1.29 is 13.5 Å². The first-order chi connectivity index (χ1) is 9.81. The van der Waals surface area contributed by atoms with E-state index in [0.717, 1.165) is 32.2 Å². The number of morpholine rings is 1. The van der Waals surface area contributed by atoms with Gasteiger partial charge in [-0.15, -0.1) is 0 Å². The SMILES string of the molecule is Fc1ccc(N=Cc2ccc(N3CCOCC3)o2)cc1. The van der Waals surface area contributed by atoms with Crippen LogP contribution in [0.4, 0.5) is 16.0 Å². The Balaban J connectivity index is 1.68. The Hall–Kier alpha value is -2.14. The summed E-state index contributed by atoms with van der Waals surface area (Å²) >= 11 is 0. The predicted octanol–water partition coefficient (Wildman–Crippen LogP) is 3.01. The van der Waals surface area contributed by atoms with E-state index in [0.29, 0.717) is 11.4 Å². The summed E-state index contributed by atoms with van der Waals surface area (Å²) in [6.45, 7) is 3.11. The maximum absolute atomic E-state index is 12.8. The van der Waals surface area contributed by atoms with E-state index < -0.39 is 0 Å². The molecule has 104 valence electrons. The van der Waals surface area contributed by atoms with Gasteiger partial charge in [0.25, 0.3) is 0 Å². The molecule has 5 heteroatoms. The molecule has 1 saturated heterocycles. The van der Waals surface area contributed by atoms with E-state index >= 15 is 0 Å². The van der Waals surface area contributed by atoms with Gasteiger partial charge < -0.3 is 14.1 Å². The lowest BCUT2D eigenvalue weighted by molar-refractivity contribution is 0.120. The van der Waals surface area contributed by atoms with Crippen LogP contribution < -0.4 is 4.90 Å². The molecule has 0 aliphatic carbocycles. The Morgan fingerprint density at radius 3 is 2.55 bits per heavy atom. The van der Waals surface area contributed by atoms with Gasteiger partial charge in [0.1, 0.15) is 11.6 Å². The number of aliphatic imine (C=N–C) groups is 1. The Kier molecular flexibility index (Phi) is 3.78. The number of benzene rings is 1. The third-order valence-corrected chi connectivity index (χ3v) is 3.10. The van der Waals surface area contributed by atoms with Crippen LogP contribution in [0.5, 0.6) is 0 Å². The molecule has 0 unspecified atom stereocenters. The molecular weight excluding hydrogens is 259 g/mol. The van der Waals surface area contributed by atoms with Crippen LogP contribution in [0, 0.1) is 5.82 Å². The third kappa shape index (κ3) is 3.05. The molecule has 1 aliphatic heterocycles. The molecule has 1 aliphatic rings. The summed E-state index contributed by atoms with van der Waals surface area (Å²) in [6, 6.07) is 9.81. The maximum Gasteiger partial charge on any atom is 0.196 e. The van der Waals surface area contributed by atoms with Crippen molar-refractivity contribution in [2.75, 3.05) is 31.2 Å². The number of hydrogen-bond acceptors (Lipinski definition) is 4. The summed E-state index contributed by atoms with van der Waals surface area (Å²) in [6.07, 6.45) is 1.64. The van der Waals surface area contributed by atoms with Gasteiger partial charge in [-0.25, -0.2) is 4.39 Å². The van der Waals surface area contributed by atoms with Gasteiger partial charge in [-0.3, -0.25) is 4.99 Å². The molecule has 3 rings (SSSR count). The van der Waals surface area contributed by atoms with Crippen LogP contribution in [0.1, 0.15) is 5.76 Å². The lowest BCUT2D eigenvalue weighted by Gasteiger charge is -2.26. The first-order valence-corrected chi connectivity index (χ1v) is 6.53. The number of furan rings is 1. The van der Waals surface area contributed by atoms with Crippen molar-refractivity contribution in [2.24, 2.45) is 4.99 Å². The van der Waals surface area contributed by atoms with Crippen LogP contribution in [0.25, 0.3) is 0 Å². The minimum absolute atomic E-state index is 0.267. The summed E-state index contributed by atoms with van der Waals surface area (Å²) in [4.78, 5) is 6.39. The van der Waals surface area contributed by atoms with Crippen LogP contribution >= 0.6 is 0 Å². The van der Waals surface area contributed by atoms with Crippen LogP contribution in [-0.2, 0) is 4.74 Å². The van der Waals surface area contributed by atoms with Gasteiger partial charge in [-0.05, 0) is 30.3 Å². The van der Waals surface area contributed by atoms with Crippen molar-refractivity contribution >= 4 is 17.8 Å². The highest BCUT2D eigenvalue weighted by Gasteiger charge is 2.13. The second kappa shape index (κ2) is 5.88. The summed E-state index contributed by atoms with van der Waals surface area (Å²) in [5.41, 5.74) is 0.690. The monoisotopic (exact) mass is 274 g/mol. The average Bonchev–Trinajstić information content (AvgIpc) is 2.97. The van der Waals surface area contributed by atoms with Gasteiger partial charge >= 0.3 is 0 Å². The molecule has 20 heavy (non-hydrogen) atoms. The predicted molar refractivity (Wildman–Crippen MR) is 75.4 cm³/mol. The van der Waals surface area contributed by atoms with E-state index in [4.69, 9.17) is 9.15 Å². The van der Waals surface area contributed by atoms with Crippen molar-refractivity contribution in [3.8, 4) is 0 Å². The van der Waals surface area contributed by atoms with Crippen molar-refractivity contribution in [1.82, 2.24) is 0 Å². The fraction of sp³-hybridized carbons (Fsp3) is 0.267. The van der Waals surface area contributed by atoms with Crippen molar-refractivity contribution in [2.45, 2.75) is 0 Å². The highest BCUT2D eigenvalue weighted by Crippen LogP contribution is 2.19. The van der Waals surface area contributed by atoms with Crippen LogP contribution in [0.3, 0.4) is 0 Å². The van der Waals surface area contributed by atoms with Crippen molar-refractivity contribution in [3.63, 3.8) is 0 Å². The summed E-state index contributed by atoms with van der Waals surface area (Å²) in [5, 5.41) is 0. The molecule has 0 spiro atoms. The molecule has 4 nitrogen and oxygen atoms in total. The molecule has 1 aromatic heterocycles. The molecule has 0 radical (unpaired) electrons. The molecule has 2 heterocycles. The number of anilines is 1. The summed E-state index contributed by atoms with van der Waals surface area (Å²) in [5.74, 6) is 1.24. The zero-order chi connectivity index (χ0) is 13.8. The first kappa shape index (κ1) is 12.9. The lowest BCUT2D eigenvalue weighted by Crippen LogP contribution is -2.35. The molecular formula is C15H15FN2O2. The molecule has 1 fully saturated rings. The van der Waals surface area contributed by atoms with Crippen LogP contribution in [-0.4, -0.2) is 32.5 Å². The molecule has 0 saturated carbocycles. The van der Waals surface area contributed by atoms with Gasteiger partial charge in [-0.2, -0.15) is 0 Å².